The molecule has 1 amide bonds. The van der Waals surface area contributed by atoms with Crippen LogP contribution in [0, 0.1) is 6.92 Å². The standard InChI is InChI=1S/C12H20N4O2/c1-10-8-15-16(9-10)5-4-14-11(17)12(13)2-6-18-7-3-12/h8-9H,2-7,13H2,1H3,(H,14,17). The van der Waals surface area contributed by atoms with Gasteiger partial charge in [-0.2, -0.15) is 5.10 Å². The van der Waals surface area contributed by atoms with E-state index in [1.165, 1.54) is 0 Å². The maximum absolute atomic E-state index is 12.0. The van der Waals surface area contributed by atoms with Gasteiger partial charge >= 0.3 is 0 Å². The molecular formula is C12H20N4O2. The first-order chi connectivity index (χ1) is 8.60. The molecule has 0 spiro atoms. The third kappa shape index (κ3) is 3.08. The Labute approximate surface area is 106 Å². The Morgan fingerprint density at radius 3 is 2.94 bits per heavy atom. The smallest absolute Gasteiger partial charge is 0.240 e. The first kappa shape index (κ1) is 13.0. The molecule has 100 valence electrons. The maximum atomic E-state index is 12.0. The zero-order valence-corrected chi connectivity index (χ0v) is 10.7. The molecule has 1 aliphatic rings. The van der Waals surface area contributed by atoms with Crippen LogP contribution in [-0.2, 0) is 16.1 Å². The van der Waals surface area contributed by atoms with E-state index in [1.54, 1.807) is 6.20 Å². The van der Waals surface area contributed by atoms with Crippen molar-refractivity contribution < 1.29 is 9.53 Å². The van der Waals surface area contributed by atoms with E-state index in [0.29, 0.717) is 39.1 Å². The number of rotatable bonds is 4. The summed E-state index contributed by atoms with van der Waals surface area (Å²) in [4.78, 5) is 12.0. The van der Waals surface area contributed by atoms with Crippen molar-refractivity contribution in [1.82, 2.24) is 15.1 Å². The van der Waals surface area contributed by atoms with E-state index in [1.807, 2.05) is 17.8 Å². The van der Waals surface area contributed by atoms with Gasteiger partial charge in [-0.15, -0.1) is 0 Å². The Morgan fingerprint density at radius 2 is 2.33 bits per heavy atom. The van der Waals surface area contributed by atoms with Crippen molar-refractivity contribution in [2.24, 2.45) is 5.73 Å². The molecule has 18 heavy (non-hydrogen) atoms. The van der Waals surface area contributed by atoms with E-state index >= 15 is 0 Å². The van der Waals surface area contributed by atoms with Crippen molar-refractivity contribution in [3.05, 3.63) is 18.0 Å². The topological polar surface area (TPSA) is 82.2 Å². The summed E-state index contributed by atoms with van der Waals surface area (Å²) in [6.45, 7) is 4.30. The molecule has 0 radical (unpaired) electrons. The number of aromatic nitrogens is 2. The van der Waals surface area contributed by atoms with Crippen LogP contribution in [0.25, 0.3) is 0 Å². The number of hydrogen-bond donors (Lipinski definition) is 2. The van der Waals surface area contributed by atoms with E-state index in [-0.39, 0.29) is 5.91 Å². The average molecular weight is 252 g/mol. The van der Waals surface area contributed by atoms with Crippen molar-refractivity contribution in [3.63, 3.8) is 0 Å². The van der Waals surface area contributed by atoms with E-state index in [0.717, 1.165) is 5.56 Å². The highest BCUT2D eigenvalue weighted by molar-refractivity contribution is 5.86. The lowest BCUT2D eigenvalue weighted by Crippen LogP contribution is -2.57. The second kappa shape index (κ2) is 5.49. The molecule has 1 aromatic rings. The predicted octanol–water partition coefficient (Wildman–Crippen LogP) is -0.184. The van der Waals surface area contributed by atoms with E-state index < -0.39 is 5.54 Å². The Bertz CT molecular complexity index is 410. The molecule has 1 saturated heterocycles. The van der Waals surface area contributed by atoms with Gasteiger partial charge in [-0.1, -0.05) is 0 Å². The second-order valence-electron chi connectivity index (χ2n) is 4.81. The molecule has 1 aliphatic heterocycles. The van der Waals surface area contributed by atoms with Crippen molar-refractivity contribution in [2.75, 3.05) is 19.8 Å². The fraction of sp³-hybridized carbons (Fsp3) is 0.667. The van der Waals surface area contributed by atoms with E-state index in [9.17, 15) is 4.79 Å². The minimum absolute atomic E-state index is 0.0883. The summed E-state index contributed by atoms with van der Waals surface area (Å²) < 4.78 is 7.03. The lowest BCUT2D eigenvalue weighted by Gasteiger charge is -2.31. The number of nitrogens with one attached hydrogen (secondary N) is 1. The van der Waals surface area contributed by atoms with Crippen LogP contribution in [0.15, 0.2) is 12.4 Å². The minimum Gasteiger partial charge on any atom is -0.381 e. The molecular weight excluding hydrogens is 232 g/mol. The highest BCUT2D eigenvalue weighted by Crippen LogP contribution is 2.17. The highest BCUT2D eigenvalue weighted by atomic mass is 16.5. The average Bonchev–Trinajstić information content (AvgIpc) is 2.76. The summed E-state index contributed by atoms with van der Waals surface area (Å²) in [5, 5.41) is 7.03. The summed E-state index contributed by atoms with van der Waals surface area (Å²) in [6.07, 6.45) is 4.91. The van der Waals surface area contributed by atoms with Gasteiger partial charge in [0.1, 0.15) is 0 Å². The summed E-state index contributed by atoms with van der Waals surface area (Å²) in [7, 11) is 0. The molecule has 0 aliphatic carbocycles. The third-order valence-corrected chi connectivity index (χ3v) is 3.23. The molecule has 0 bridgehead atoms. The largest absolute Gasteiger partial charge is 0.381 e. The number of carbonyl (C=O) groups excluding carboxylic acids is 1. The van der Waals surface area contributed by atoms with E-state index in [4.69, 9.17) is 10.5 Å². The van der Waals surface area contributed by atoms with Gasteiger partial charge in [0.2, 0.25) is 5.91 Å². The molecule has 6 nitrogen and oxygen atoms in total. The normalized spacial score (nSPS) is 18.6. The van der Waals surface area contributed by atoms with Gasteiger partial charge in [-0.3, -0.25) is 9.48 Å². The molecule has 0 saturated carbocycles. The lowest BCUT2D eigenvalue weighted by atomic mass is 9.90. The number of ether oxygens (including phenoxy) is 1. The van der Waals surface area contributed by atoms with Crippen LogP contribution >= 0.6 is 0 Å². The molecule has 0 aromatic carbocycles. The summed E-state index contributed by atoms with van der Waals surface area (Å²) in [6, 6.07) is 0. The number of nitrogens with zero attached hydrogens (tertiary/aromatic N) is 2. The van der Waals surface area contributed by atoms with Crippen LogP contribution in [-0.4, -0.2) is 41.0 Å². The van der Waals surface area contributed by atoms with Crippen LogP contribution in [0.3, 0.4) is 0 Å². The molecule has 6 heteroatoms. The van der Waals surface area contributed by atoms with Gasteiger partial charge in [0.15, 0.2) is 0 Å². The zero-order valence-electron chi connectivity index (χ0n) is 10.7. The maximum Gasteiger partial charge on any atom is 0.240 e. The van der Waals surface area contributed by atoms with Gasteiger partial charge < -0.3 is 15.8 Å². The summed E-state index contributed by atoms with van der Waals surface area (Å²) in [5.74, 6) is -0.0883. The van der Waals surface area contributed by atoms with Crippen molar-refractivity contribution >= 4 is 5.91 Å². The molecule has 2 heterocycles. The Morgan fingerprint density at radius 1 is 1.61 bits per heavy atom. The van der Waals surface area contributed by atoms with Gasteiger partial charge in [0.25, 0.3) is 0 Å². The van der Waals surface area contributed by atoms with Crippen LogP contribution in [0.1, 0.15) is 18.4 Å². The quantitative estimate of drug-likeness (QED) is 0.778. The van der Waals surface area contributed by atoms with Crippen LogP contribution < -0.4 is 11.1 Å². The second-order valence-corrected chi connectivity index (χ2v) is 4.81. The van der Waals surface area contributed by atoms with Crippen LogP contribution in [0.5, 0.6) is 0 Å². The monoisotopic (exact) mass is 252 g/mol. The predicted molar refractivity (Wildman–Crippen MR) is 66.9 cm³/mol. The number of carbonyl (C=O) groups is 1. The van der Waals surface area contributed by atoms with Crippen molar-refractivity contribution in [3.8, 4) is 0 Å². The Balaban J connectivity index is 1.77. The van der Waals surface area contributed by atoms with E-state index in [2.05, 4.69) is 10.4 Å². The van der Waals surface area contributed by atoms with Crippen molar-refractivity contribution in [2.45, 2.75) is 31.8 Å². The third-order valence-electron chi connectivity index (χ3n) is 3.23. The van der Waals surface area contributed by atoms with Gasteiger partial charge in [-0.25, -0.2) is 0 Å². The number of amides is 1. The molecule has 3 N–H and O–H groups in total. The first-order valence-corrected chi connectivity index (χ1v) is 6.24. The SMILES string of the molecule is Cc1cnn(CCNC(=O)C2(N)CCOCC2)c1. The van der Waals surface area contributed by atoms with Gasteiger partial charge in [0, 0.05) is 26.0 Å². The van der Waals surface area contributed by atoms with Crippen LogP contribution in [0.4, 0.5) is 0 Å². The Hall–Kier alpha value is -1.40. The molecule has 0 unspecified atom stereocenters. The lowest BCUT2D eigenvalue weighted by molar-refractivity contribution is -0.129. The number of hydrogen-bond acceptors (Lipinski definition) is 4. The fourth-order valence-corrected chi connectivity index (χ4v) is 2.01. The summed E-state index contributed by atoms with van der Waals surface area (Å²) in [5.41, 5.74) is 6.42. The molecule has 0 atom stereocenters. The molecule has 1 fully saturated rings. The van der Waals surface area contributed by atoms with Gasteiger partial charge in [0.05, 0.1) is 18.3 Å². The number of nitrogens with two attached hydrogens (primary N) is 1. The number of aryl methyl sites for hydroxylation is 1. The highest BCUT2D eigenvalue weighted by Gasteiger charge is 2.35. The molecule has 1 aromatic heterocycles. The van der Waals surface area contributed by atoms with Crippen molar-refractivity contribution in [1.29, 1.82) is 0 Å². The summed E-state index contributed by atoms with van der Waals surface area (Å²) >= 11 is 0. The zero-order chi connectivity index (χ0) is 13.0. The Kier molecular flexibility index (Phi) is 3.98. The first-order valence-electron chi connectivity index (χ1n) is 6.24. The van der Waals surface area contributed by atoms with Gasteiger partial charge in [-0.05, 0) is 25.3 Å². The minimum atomic E-state index is -0.766. The van der Waals surface area contributed by atoms with Crippen LogP contribution in [0.2, 0.25) is 0 Å². The molecule has 2 rings (SSSR count). The fourth-order valence-electron chi connectivity index (χ4n) is 2.01.